The monoisotopic (exact) mass is 454 g/mol. The molecule has 0 aromatic heterocycles. The minimum absolute atomic E-state index is 0.108. The minimum atomic E-state index is -0.679. The van der Waals surface area contributed by atoms with Gasteiger partial charge in [-0.3, -0.25) is 4.79 Å². The number of nitrogens with zero attached hydrogens (tertiary/aromatic N) is 1. The van der Waals surface area contributed by atoms with E-state index in [2.05, 4.69) is 42.4 Å². The van der Waals surface area contributed by atoms with Crippen LogP contribution in [-0.2, 0) is 4.79 Å². The topological polar surface area (TPSA) is 70.9 Å². The van der Waals surface area contributed by atoms with Crippen molar-refractivity contribution >= 4 is 44.0 Å². The summed E-state index contributed by atoms with van der Waals surface area (Å²) in [5.41, 5.74) is 4.10. The Labute approximate surface area is 157 Å². The molecule has 126 valence electrons. The lowest BCUT2D eigenvalue weighted by Gasteiger charge is -2.14. The first kappa shape index (κ1) is 18.5. The van der Waals surface area contributed by atoms with Crippen LogP contribution in [0.1, 0.15) is 18.1 Å². The standard InChI is InChI=1S/C17H16Br2N2O3/c1-10-5-3-4-6-15(10)24-11(2)17(23)21-20-9-12-7-13(18)16(22)14(19)8-12/h3-9,11,22H,1-2H3,(H,21,23)/b20-9+/t11-/m1/s1. The molecule has 7 heteroatoms. The number of benzene rings is 2. The Morgan fingerprint density at radius 2 is 1.92 bits per heavy atom. The van der Waals surface area contributed by atoms with E-state index in [1.165, 1.54) is 6.21 Å². The first-order chi connectivity index (χ1) is 11.4. The number of hydrogen-bond donors (Lipinski definition) is 2. The van der Waals surface area contributed by atoms with E-state index in [9.17, 15) is 9.90 Å². The smallest absolute Gasteiger partial charge is 0.280 e. The molecule has 0 unspecified atom stereocenters. The number of halogens is 2. The normalized spacial score (nSPS) is 12.2. The molecule has 0 spiro atoms. The molecule has 0 aliphatic rings. The van der Waals surface area contributed by atoms with Gasteiger partial charge in [-0.05, 0) is 75.0 Å². The summed E-state index contributed by atoms with van der Waals surface area (Å²) >= 11 is 6.47. The molecule has 0 radical (unpaired) electrons. The maximum absolute atomic E-state index is 12.0. The highest BCUT2D eigenvalue weighted by molar-refractivity contribution is 9.11. The van der Waals surface area contributed by atoms with Crippen LogP contribution in [-0.4, -0.2) is 23.3 Å². The van der Waals surface area contributed by atoms with E-state index in [1.54, 1.807) is 19.1 Å². The van der Waals surface area contributed by atoms with Crippen molar-refractivity contribution in [3.8, 4) is 11.5 Å². The van der Waals surface area contributed by atoms with Crippen LogP contribution < -0.4 is 10.2 Å². The van der Waals surface area contributed by atoms with Gasteiger partial charge in [-0.25, -0.2) is 5.43 Å². The second-order valence-electron chi connectivity index (χ2n) is 5.09. The van der Waals surface area contributed by atoms with Crippen molar-refractivity contribution < 1.29 is 14.6 Å². The van der Waals surface area contributed by atoms with Gasteiger partial charge in [-0.15, -0.1) is 0 Å². The van der Waals surface area contributed by atoms with Crippen LogP contribution >= 0.6 is 31.9 Å². The van der Waals surface area contributed by atoms with Gasteiger partial charge in [0.25, 0.3) is 5.91 Å². The average Bonchev–Trinajstić information content (AvgIpc) is 2.54. The lowest BCUT2D eigenvalue weighted by atomic mass is 10.2. The molecule has 1 amide bonds. The molecule has 2 aromatic rings. The number of carbonyl (C=O) groups excluding carboxylic acids is 1. The number of phenols is 1. The Bertz CT molecular complexity index is 755. The predicted molar refractivity (Wildman–Crippen MR) is 101 cm³/mol. The van der Waals surface area contributed by atoms with Crippen molar-refractivity contribution in [1.29, 1.82) is 0 Å². The molecule has 24 heavy (non-hydrogen) atoms. The van der Waals surface area contributed by atoms with Crippen molar-refractivity contribution in [2.24, 2.45) is 5.10 Å². The Morgan fingerprint density at radius 1 is 1.29 bits per heavy atom. The second-order valence-corrected chi connectivity index (χ2v) is 6.80. The van der Waals surface area contributed by atoms with Crippen LogP contribution in [0.5, 0.6) is 11.5 Å². The number of nitrogens with one attached hydrogen (secondary N) is 1. The second kappa shape index (κ2) is 8.30. The fourth-order valence-corrected chi connectivity index (χ4v) is 3.08. The van der Waals surface area contributed by atoms with Gasteiger partial charge < -0.3 is 9.84 Å². The number of aromatic hydroxyl groups is 1. The Morgan fingerprint density at radius 3 is 2.54 bits per heavy atom. The van der Waals surface area contributed by atoms with E-state index in [1.807, 2.05) is 31.2 Å². The molecular formula is C17H16Br2N2O3. The molecule has 0 bridgehead atoms. The van der Waals surface area contributed by atoms with Crippen LogP contribution in [0.25, 0.3) is 0 Å². The molecule has 0 fully saturated rings. The number of rotatable bonds is 5. The molecule has 2 rings (SSSR count). The first-order valence-electron chi connectivity index (χ1n) is 7.11. The number of hydrazone groups is 1. The summed E-state index contributed by atoms with van der Waals surface area (Å²) in [5.74, 6) is 0.415. The first-order valence-corrected chi connectivity index (χ1v) is 8.70. The van der Waals surface area contributed by atoms with E-state index in [-0.39, 0.29) is 11.7 Å². The van der Waals surface area contributed by atoms with Gasteiger partial charge >= 0.3 is 0 Å². The predicted octanol–water partition coefficient (Wildman–Crippen LogP) is 4.14. The van der Waals surface area contributed by atoms with Crippen LogP contribution in [0.4, 0.5) is 0 Å². The fourth-order valence-electron chi connectivity index (χ4n) is 1.85. The lowest BCUT2D eigenvalue weighted by Crippen LogP contribution is -2.33. The van der Waals surface area contributed by atoms with Crippen molar-refractivity contribution in [2.45, 2.75) is 20.0 Å². The van der Waals surface area contributed by atoms with Crippen LogP contribution in [0.3, 0.4) is 0 Å². The molecule has 0 saturated carbocycles. The van der Waals surface area contributed by atoms with Gasteiger partial charge in [0.15, 0.2) is 6.10 Å². The molecule has 2 aromatic carbocycles. The maximum atomic E-state index is 12.0. The highest BCUT2D eigenvalue weighted by atomic mass is 79.9. The van der Waals surface area contributed by atoms with Crippen molar-refractivity contribution in [3.05, 3.63) is 56.5 Å². The van der Waals surface area contributed by atoms with Gasteiger partial charge in [-0.1, -0.05) is 18.2 Å². The molecule has 0 aliphatic heterocycles. The van der Waals surface area contributed by atoms with Crippen molar-refractivity contribution in [1.82, 2.24) is 5.43 Å². The van der Waals surface area contributed by atoms with Crippen LogP contribution in [0.2, 0.25) is 0 Å². The van der Waals surface area contributed by atoms with Gasteiger partial charge in [0.2, 0.25) is 0 Å². The Balaban J connectivity index is 1.96. The highest BCUT2D eigenvalue weighted by Crippen LogP contribution is 2.32. The summed E-state index contributed by atoms with van der Waals surface area (Å²) in [6.07, 6.45) is 0.800. The van der Waals surface area contributed by atoms with E-state index in [4.69, 9.17) is 4.74 Å². The molecule has 5 nitrogen and oxygen atoms in total. The largest absolute Gasteiger partial charge is 0.506 e. The molecular weight excluding hydrogens is 440 g/mol. The van der Waals surface area contributed by atoms with Gasteiger partial charge in [0.1, 0.15) is 11.5 Å². The van der Waals surface area contributed by atoms with Gasteiger partial charge in [0, 0.05) is 0 Å². The molecule has 1 atom stereocenters. The van der Waals surface area contributed by atoms with Crippen LogP contribution in [0, 0.1) is 6.92 Å². The molecule has 2 N–H and O–H groups in total. The lowest BCUT2D eigenvalue weighted by molar-refractivity contribution is -0.127. The number of ether oxygens (including phenoxy) is 1. The zero-order chi connectivity index (χ0) is 17.7. The summed E-state index contributed by atoms with van der Waals surface area (Å²) in [6, 6.07) is 10.9. The molecule has 0 saturated heterocycles. The summed E-state index contributed by atoms with van der Waals surface area (Å²) in [4.78, 5) is 12.0. The third-order valence-electron chi connectivity index (χ3n) is 3.19. The van der Waals surface area contributed by atoms with E-state index in [0.29, 0.717) is 20.3 Å². The number of carbonyl (C=O) groups is 1. The third kappa shape index (κ3) is 4.82. The minimum Gasteiger partial charge on any atom is -0.506 e. The SMILES string of the molecule is Cc1ccccc1O[C@H](C)C(=O)N/N=C/c1cc(Br)c(O)c(Br)c1. The zero-order valence-electron chi connectivity index (χ0n) is 13.1. The van der Waals surface area contributed by atoms with E-state index < -0.39 is 6.10 Å². The number of para-hydroxylation sites is 1. The highest BCUT2D eigenvalue weighted by Gasteiger charge is 2.14. The molecule has 0 aliphatic carbocycles. The quantitative estimate of drug-likeness (QED) is 0.525. The van der Waals surface area contributed by atoms with Gasteiger partial charge in [-0.2, -0.15) is 5.10 Å². The molecule has 0 heterocycles. The Kier molecular flexibility index (Phi) is 6.39. The number of aryl methyl sites for hydroxylation is 1. The fraction of sp³-hybridized carbons (Fsp3) is 0.176. The van der Waals surface area contributed by atoms with Crippen molar-refractivity contribution in [2.75, 3.05) is 0 Å². The maximum Gasteiger partial charge on any atom is 0.280 e. The Hall–Kier alpha value is -1.86. The summed E-state index contributed by atoms with van der Waals surface area (Å²) < 4.78 is 6.69. The van der Waals surface area contributed by atoms with E-state index >= 15 is 0 Å². The third-order valence-corrected chi connectivity index (χ3v) is 4.40. The zero-order valence-corrected chi connectivity index (χ0v) is 16.3. The van der Waals surface area contributed by atoms with E-state index in [0.717, 1.165) is 5.56 Å². The van der Waals surface area contributed by atoms with Crippen LogP contribution in [0.15, 0.2) is 50.4 Å². The number of phenolic OH excluding ortho intramolecular Hbond substituents is 1. The van der Waals surface area contributed by atoms with Crippen molar-refractivity contribution in [3.63, 3.8) is 0 Å². The number of hydrogen-bond acceptors (Lipinski definition) is 4. The summed E-state index contributed by atoms with van der Waals surface area (Å²) in [6.45, 7) is 3.57. The number of amides is 1. The summed E-state index contributed by atoms with van der Waals surface area (Å²) in [5, 5.41) is 13.6. The van der Waals surface area contributed by atoms with Gasteiger partial charge in [0.05, 0.1) is 15.2 Å². The summed E-state index contributed by atoms with van der Waals surface area (Å²) in [7, 11) is 0. The average molecular weight is 456 g/mol.